The molecule has 0 saturated carbocycles. The molecule has 0 fully saturated rings. The van der Waals surface area contributed by atoms with E-state index in [9.17, 15) is 15.0 Å². The van der Waals surface area contributed by atoms with Crippen LogP contribution in [0.1, 0.15) is 18.9 Å². The number of carbonyl (C=O) groups is 1. The fourth-order valence-electron chi connectivity index (χ4n) is 1.02. The van der Waals surface area contributed by atoms with Gasteiger partial charge in [-0.25, -0.2) is 9.97 Å². The maximum Gasteiger partial charge on any atom is 0.216 e. The monoisotopic (exact) mass is 227 g/mol. The van der Waals surface area contributed by atoms with Gasteiger partial charge in [-0.1, -0.05) is 0 Å². The number of rotatable bonds is 4. The smallest absolute Gasteiger partial charge is 0.216 e. The Balaban J connectivity index is 2.59. The number of amides is 1. The van der Waals surface area contributed by atoms with Gasteiger partial charge in [0.15, 0.2) is 11.6 Å². The van der Waals surface area contributed by atoms with Crippen molar-refractivity contribution in [1.29, 1.82) is 0 Å². The lowest BCUT2D eigenvalue weighted by Crippen LogP contribution is -2.34. The quantitative estimate of drug-likeness (QED) is 0.509. The number of nitrogens with zero attached hydrogens (tertiary/aromatic N) is 2. The number of aliphatic hydroxyl groups excluding tert-OH is 2. The lowest BCUT2D eigenvalue weighted by Gasteiger charge is -2.16. The topological polar surface area (TPSA) is 116 Å². The van der Waals surface area contributed by atoms with Gasteiger partial charge in [0.2, 0.25) is 5.91 Å². The number of hydrogen-bond acceptors (Lipinski definition) is 6. The Morgan fingerprint density at radius 2 is 2.00 bits per heavy atom. The van der Waals surface area contributed by atoms with Crippen LogP contribution in [-0.4, -0.2) is 43.8 Å². The molecule has 0 aromatic carbocycles. The number of aromatic nitrogens is 2. The molecule has 0 aliphatic heterocycles. The summed E-state index contributed by atoms with van der Waals surface area (Å²) in [4.78, 5) is 17.9. The van der Waals surface area contributed by atoms with Crippen LogP contribution in [-0.2, 0) is 4.79 Å². The number of carbonyl (C=O) groups excluding carboxylic acids is 1. The Morgan fingerprint density at radius 1 is 1.44 bits per heavy atom. The van der Waals surface area contributed by atoms with E-state index in [0.29, 0.717) is 0 Å². The number of aromatic hydroxyl groups is 1. The van der Waals surface area contributed by atoms with E-state index in [-0.39, 0.29) is 24.0 Å². The first kappa shape index (κ1) is 12.3. The number of hydrogen-bond donors (Lipinski definition) is 4. The van der Waals surface area contributed by atoms with E-state index in [1.165, 1.54) is 6.92 Å². The van der Waals surface area contributed by atoms with Gasteiger partial charge in [-0.05, 0) is 0 Å². The van der Waals surface area contributed by atoms with Crippen LogP contribution >= 0.6 is 0 Å². The van der Waals surface area contributed by atoms with Crippen molar-refractivity contribution in [3.05, 3.63) is 18.2 Å². The molecule has 0 spiro atoms. The molecular weight excluding hydrogens is 214 g/mol. The fraction of sp³-hybridized carbons (Fsp3) is 0.444. The first-order valence-electron chi connectivity index (χ1n) is 4.62. The fourth-order valence-corrected chi connectivity index (χ4v) is 1.02. The SMILES string of the molecule is CC(=O)NCC(O)C(O)c1ncc(O)cn1. The van der Waals surface area contributed by atoms with Crippen LogP contribution in [0.4, 0.5) is 0 Å². The molecule has 1 aromatic heterocycles. The Labute approximate surface area is 91.8 Å². The lowest BCUT2D eigenvalue weighted by atomic mass is 10.2. The number of nitrogens with one attached hydrogen (secondary N) is 1. The summed E-state index contributed by atoms with van der Waals surface area (Å²) in [6.07, 6.45) is -0.297. The van der Waals surface area contributed by atoms with Crippen molar-refractivity contribution >= 4 is 5.91 Å². The minimum Gasteiger partial charge on any atom is -0.505 e. The summed E-state index contributed by atoms with van der Waals surface area (Å²) in [7, 11) is 0. The zero-order valence-electron chi connectivity index (χ0n) is 8.66. The molecule has 0 bridgehead atoms. The highest BCUT2D eigenvalue weighted by Gasteiger charge is 2.20. The summed E-state index contributed by atoms with van der Waals surface area (Å²) < 4.78 is 0. The van der Waals surface area contributed by atoms with Crippen molar-refractivity contribution in [2.75, 3.05) is 6.54 Å². The predicted molar refractivity (Wildman–Crippen MR) is 53.3 cm³/mol. The highest BCUT2D eigenvalue weighted by molar-refractivity contribution is 5.72. The molecule has 0 aliphatic carbocycles. The van der Waals surface area contributed by atoms with E-state index in [1.807, 2.05) is 0 Å². The van der Waals surface area contributed by atoms with Gasteiger partial charge in [0.05, 0.1) is 12.4 Å². The molecule has 0 saturated heterocycles. The van der Waals surface area contributed by atoms with Crippen molar-refractivity contribution in [2.24, 2.45) is 0 Å². The van der Waals surface area contributed by atoms with Crippen molar-refractivity contribution < 1.29 is 20.1 Å². The van der Waals surface area contributed by atoms with Crippen molar-refractivity contribution in [2.45, 2.75) is 19.1 Å². The van der Waals surface area contributed by atoms with Gasteiger partial charge in [-0.15, -0.1) is 0 Å². The molecule has 7 heteroatoms. The molecule has 2 atom stereocenters. The van der Waals surface area contributed by atoms with E-state index < -0.39 is 12.2 Å². The van der Waals surface area contributed by atoms with E-state index in [2.05, 4.69) is 15.3 Å². The Kier molecular flexibility index (Phi) is 4.15. The maximum absolute atomic E-state index is 10.6. The summed E-state index contributed by atoms with van der Waals surface area (Å²) in [5.41, 5.74) is 0. The average molecular weight is 227 g/mol. The maximum atomic E-state index is 10.6. The van der Waals surface area contributed by atoms with Gasteiger partial charge in [0.25, 0.3) is 0 Å². The Bertz CT molecular complexity index is 354. The Hall–Kier alpha value is -1.73. The molecule has 1 rings (SSSR count). The van der Waals surface area contributed by atoms with Crippen LogP contribution in [0.5, 0.6) is 5.75 Å². The summed E-state index contributed by atoms with van der Waals surface area (Å²) >= 11 is 0. The van der Waals surface area contributed by atoms with Crippen LogP contribution in [0.15, 0.2) is 12.4 Å². The van der Waals surface area contributed by atoms with E-state index in [0.717, 1.165) is 12.4 Å². The molecule has 7 nitrogen and oxygen atoms in total. The normalized spacial score (nSPS) is 14.2. The first-order chi connectivity index (χ1) is 7.50. The highest BCUT2D eigenvalue weighted by atomic mass is 16.3. The molecule has 0 radical (unpaired) electrons. The van der Waals surface area contributed by atoms with E-state index in [4.69, 9.17) is 5.11 Å². The average Bonchev–Trinajstić information content (AvgIpc) is 2.26. The second-order valence-electron chi connectivity index (χ2n) is 3.25. The zero-order chi connectivity index (χ0) is 12.1. The van der Waals surface area contributed by atoms with Gasteiger partial charge in [0.1, 0.15) is 12.2 Å². The molecule has 16 heavy (non-hydrogen) atoms. The molecule has 1 amide bonds. The summed E-state index contributed by atoms with van der Waals surface area (Å²) in [5.74, 6) is -0.458. The summed E-state index contributed by atoms with van der Waals surface area (Å²) in [6, 6.07) is 0. The highest BCUT2D eigenvalue weighted by Crippen LogP contribution is 2.13. The molecule has 0 aliphatic rings. The second-order valence-corrected chi connectivity index (χ2v) is 3.25. The molecule has 4 N–H and O–H groups in total. The molecule has 88 valence electrons. The zero-order valence-corrected chi connectivity index (χ0v) is 8.66. The largest absolute Gasteiger partial charge is 0.505 e. The van der Waals surface area contributed by atoms with Crippen LogP contribution in [0.25, 0.3) is 0 Å². The van der Waals surface area contributed by atoms with Crippen molar-refractivity contribution in [1.82, 2.24) is 15.3 Å². The lowest BCUT2D eigenvalue weighted by molar-refractivity contribution is -0.119. The third-order valence-electron chi connectivity index (χ3n) is 1.85. The van der Waals surface area contributed by atoms with Crippen molar-refractivity contribution in [3.63, 3.8) is 0 Å². The minimum atomic E-state index is -1.31. The first-order valence-corrected chi connectivity index (χ1v) is 4.62. The van der Waals surface area contributed by atoms with E-state index >= 15 is 0 Å². The molecule has 2 unspecified atom stereocenters. The number of aliphatic hydroxyl groups is 2. The van der Waals surface area contributed by atoms with Gasteiger partial charge >= 0.3 is 0 Å². The van der Waals surface area contributed by atoms with Gasteiger partial charge < -0.3 is 20.6 Å². The van der Waals surface area contributed by atoms with Gasteiger partial charge in [-0.2, -0.15) is 0 Å². The standard InChI is InChI=1S/C9H13N3O4/c1-5(13)10-4-7(15)8(16)9-11-2-6(14)3-12-9/h2-3,7-8,14-16H,4H2,1H3,(H,10,13). The Morgan fingerprint density at radius 3 is 2.50 bits per heavy atom. The molecular formula is C9H13N3O4. The molecule has 1 aromatic rings. The van der Waals surface area contributed by atoms with Gasteiger partial charge in [-0.3, -0.25) is 4.79 Å². The second kappa shape index (κ2) is 5.38. The van der Waals surface area contributed by atoms with Gasteiger partial charge in [0, 0.05) is 13.5 Å². The summed E-state index contributed by atoms with van der Waals surface area (Å²) in [5, 5.41) is 30.3. The van der Waals surface area contributed by atoms with Crippen LogP contribution in [0.3, 0.4) is 0 Å². The van der Waals surface area contributed by atoms with Crippen LogP contribution < -0.4 is 5.32 Å². The third kappa shape index (κ3) is 3.44. The predicted octanol–water partition coefficient (Wildman–Crippen LogP) is -1.29. The minimum absolute atomic E-state index is 0.0179. The van der Waals surface area contributed by atoms with Crippen LogP contribution in [0.2, 0.25) is 0 Å². The molecule has 1 heterocycles. The van der Waals surface area contributed by atoms with Crippen molar-refractivity contribution in [3.8, 4) is 5.75 Å². The summed E-state index contributed by atoms with van der Waals surface area (Å²) in [6.45, 7) is 1.21. The van der Waals surface area contributed by atoms with E-state index in [1.54, 1.807) is 0 Å². The van der Waals surface area contributed by atoms with Crippen LogP contribution in [0, 0.1) is 0 Å². The third-order valence-corrected chi connectivity index (χ3v) is 1.85.